The zero-order valence-corrected chi connectivity index (χ0v) is 15.1. The minimum Gasteiger partial charge on any atom is -0.485 e. The summed E-state index contributed by atoms with van der Waals surface area (Å²) < 4.78 is 10.4. The molecule has 2 aromatic carbocycles. The molecule has 0 spiro atoms. The molecule has 0 bridgehead atoms. The fourth-order valence-corrected chi connectivity index (χ4v) is 3.08. The average Bonchev–Trinajstić information content (AvgIpc) is 2.76. The van der Waals surface area contributed by atoms with Crippen LogP contribution in [0.3, 0.4) is 0 Å². The number of amides is 1. The number of carbonyl (C=O) groups excluding carboxylic acids is 2. The molecule has 0 saturated carbocycles. The Kier molecular flexibility index (Phi) is 4.72. The van der Waals surface area contributed by atoms with Crippen LogP contribution in [-0.4, -0.2) is 29.0 Å². The number of carbonyl (C=O) groups is 2. The summed E-state index contributed by atoms with van der Waals surface area (Å²) in [5.41, 5.74) is 4.34. The first-order valence-electron chi connectivity index (χ1n) is 8.67. The molecule has 7 heteroatoms. The molecule has 1 aliphatic rings. The van der Waals surface area contributed by atoms with Crippen molar-refractivity contribution in [2.75, 3.05) is 7.11 Å². The molecule has 0 fully saturated rings. The molecule has 140 valence electrons. The summed E-state index contributed by atoms with van der Waals surface area (Å²) in [4.78, 5) is 32.4. The van der Waals surface area contributed by atoms with Crippen LogP contribution < -0.4 is 10.1 Å². The molecule has 1 aromatic heterocycles. The molecule has 7 nitrogen and oxygen atoms in total. The van der Waals surface area contributed by atoms with Gasteiger partial charge in [-0.25, -0.2) is 14.8 Å². The smallest absolute Gasteiger partial charge is 0.337 e. The van der Waals surface area contributed by atoms with Gasteiger partial charge in [0.05, 0.1) is 18.9 Å². The number of esters is 1. The van der Waals surface area contributed by atoms with Crippen molar-refractivity contribution in [1.82, 2.24) is 15.3 Å². The molecule has 1 amide bonds. The average molecular weight is 375 g/mol. The van der Waals surface area contributed by atoms with Gasteiger partial charge >= 0.3 is 5.97 Å². The second kappa shape index (κ2) is 7.48. The van der Waals surface area contributed by atoms with E-state index in [1.165, 1.54) is 13.4 Å². The third-order valence-electron chi connectivity index (χ3n) is 4.49. The Morgan fingerprint density at radius 3 is 2.93 bits per heavy atom. The molecule has 0 saturated heterocycles. The number of hydrogen-bond acceptors (Lipinski definition) is 6. The highest BCUT2D eigenvalue weighted by Crippen LogP contribution is 2.35. The van der Waals surface area contributed by atoms with Crippen LogP contribution in [0, 0.1) is 0 Å². The fourth-order valence-electron chi connectivity index (χ4n) is 3.08. The summed E-state index contributed by atoms with van der Waals surface area (Å²) >= 11 is 0. The number of ether oxygens (including phenoxy) is 2. The lowest BCUT2D eigenvalue weighted by atomic mass is 9.99. The third-order valence-corrected chi connectivity index (χ3v) is 4.49. The lowest BCUT2D eigenvalue weighted by molar-refractivity contribution is 0.0600. The van der Waals surface area contributed by atoms with E-state index in [0.29, 0.717) is 30.0 Å². The molecule has 0 aliphatic carbocycles. The van der Waals surface area contributed by atoms with Crippen molar-refractivity contribution < 1.29 is 19.1 Å². The van der Waals surface area contributed by atoms with Gasteiger partial charge in [-0.2, -0.15) is 0 Å². The number of nitrogens with zero attached hydrogens (tertiary/aromatic N) is 2. The second-order valence-electron chi connectivity index (χ2n) is 6.27. The van der Waals surface area contributed by atoms with Crippen LogP contribution in [-0.2, 0) is 17.9 Å². The largest absolute Gasteiger partial charge is 0.485 e. The van der Waals surface area contributed by atoms with Crippen molar-refractivity contribution in [3.8, 4) is 17.0 Å². The van der Waals surface area contributed by atoms with Crippen LogP contribution in [0.25, 0.3) is 11.3 Å². The maximum Gasteiger partial charge on any atom is 0.337 e. The first-order chi connectivity index (χ1) is 13.7. The van der Waals surface area contributed by atoms with E-state index in [0.717, 1.165) is 22.4 Å². The number of hydrogen-bond donors (Lipinski definition) is 1. The first kappa shape index (κ1) is 17.7. The van der Waals surface area contributed by atoms with Crippen molar-refractivity contribution in [2.45, 2.75) is 13.2 Å². The number of rotatable bonds is 4. The van der Waals surface area contributed by atoms with Gasteiger partial charge in [-0.15, -0.1) is 0 Å². The van der Waals surface area contributed by atoms with Crippen molar-refractivity contribution >= 4 is 11.9 Å². The monoisotopic (exact) mass is 375 g/mol. The van der Waals surface area contributed by atoms with E-state index in [2.05, 4.69) is 15.3 Å². The maximum atomic E-state index is 12.6. The molecule has 3 aromatic rings. The summed E-state index contributed by atoms with van der Waals surface area (Å²) in [5, 5.41) is 2.87. The maximum absolute atomic E-state index is 12.6. The Bertz CT molecular complexity index is 1070. The summed E-state index contributed by atoms with van der Waals surface area (Å²) in [7, 11) is 1.33. The van der Waals surface area contributed by atoms with E-state index in [1.807, 2.05) is 12.1 Å². The molecular formula is C21H17N3O4. The minimum absolute atomic E-state index is 0.209. The van der Waals surface area contributed by atoms with Gasteiger partial charge in [-0.3, -0.25) is 4.79 Å². The van der Waals surface area contributed by atoms with Crippen LogP contribution in [0.4, 0.5) is 0 Å². The summed E-state index contributed by atoms with van der Waals surface area (Å²) in [5.74, 6) is 0.0180. The van der Waals surface area contributed by atoms with Gasteiger partial charge in [0.1, 0.15) is 18.6 Å². The Hall–Kier alpha value is -3.74. The predicted octanol–water partition coefficient (Wildman–Crippen LogP) is 2.75. The summed E-state index contributed by atoms with van der Waals surface area (Å²) in [6, 6.07) is 12.4. The zero-order chi connectivity index (χ0) is 19.5. The number of nitrogens with one attached hydrogen (secondary N) is 1. The van der Waals surface area contributed by atoms with Crippen molar-refractivity contribution in [3.63, 3.8) is 0 Å². The summed E-state index contributed by atoms with van der Waals surface area (Å²) in [6.07, 6.45) is 3.11. The number of methoxy groups -OCH3 is 1. The second-order valence-corrected chi connectivity index (χ2v) is 6.27. The molecule has 1 aliphatic heterocycles. The molecule has 2 heterocycles. The van der Waals surface area contributed by atoms with Gasteiger partial charge in [-0.1, -0.05) is 18.2 Å². The van der Waals surface area contributed by atoms with E-state index in [-0.39, 0.29) is 5.91 Å². The van der Waals surface area contributed by atoms with Gasteiger partial charge in [-0.05, 0) is 35.4 Å². The normalized spacial score (nSPS) is 11.6. The first-order valence-corrected chi connectivity index (χ1v) is 8.67. The molecule has 0 radical (unpaired) electrons. The van der Waals surface area contributed by atoms with Gasteiger partial charge < -0.3 is 14.8 Å². The van der Waals surface area contributed by atoms with E-state index >= 15 is 0 Å². The minimum atomic E-state index is -0.410. The van der Waals surface area contributed by atoms with E-state index in [4.69, 9.17) is 9.47 Å². The third kappa shape index (κ3) is 3.42. The van der Waals surface area contributed by atoms with E-state index in [1.54, 1.807) is 36.5 Å². The van der Waals surface area contributed by atoms with Gasteiger partial charge in [0.25, 0.3) is 5.91 Å². The quantitative estimate of drug-likeness (QED) is 0.705. The van der Waals surface area contributed by atoms with Crippen LogP contribution in [0.2, 0.25) is 0 Å². The van der Waals surface area contributed by atoms with Crippen LogP contribution >= 0.6 is 0 Å². The fraction of sp³-hybridized carbons (Fsp3) is 0.143. The molecule has 0 unspecified atom stereocenters. The highest BCUT2D eigenvalue weighted by molar-refractivity contribution is 5.95. The van der Waals surface area contributed by atoms with Gasteiger partial charge in [0.15, 0.2) is 5.75 Å². The standard InChI is InChI=1S/C21H17N3O4/c1-27-21(26)15-4-2-3-13(7-15)9-23-20(25)14-5-6-17-16(8-14)11-28-18-10-22-12-24-19(17)18/h2-8,10,12H,9,11H2,1H3,(H,23,25). The van der Waals surface area contributed by atoms with Crippen LogP contribution in [0.15, 0.2) is 55.0 Å². The number of aromatic nitrogens is 2. The van der Waals surface area contributed by atoms with Crippen molar-refractivity contribution in [3.05, 3.63) is 77.2 Å². The highest BCUT2D eigenvalue weighted by Gasteiger charge is 2.20. The lowest BCUT2D eigenvalue weighted by Gasteiger charge is -2.19. The number of benzene rings is 2. The van der Waals surface area contributed by atoms with Crippen molar-refractivity contribution in [1.29, 1.82) is 0 Å². The topological polar surface area (TPSA) is 90.4 Å². The van der Waals surface area contributed by atoms with E-state index in [9.17, 15) is 9.59 Å². The molecule has 0 atom stereocenters. The van der Waals surface area contributed by atoms with Crippen LogP contribution in [0.1, 0.15) is 31.8 Å². The molecule has 28 heavy (non-hydrogen) atoms. The molecule has 4 rings (SSSR count). The predicted molar refractivity (Wildman–Crippen MR) is 101 cm³/mol. The van der Waals surface area contributed by atoms with Crippen LogP contribution in [0.5, 0.6) is 5.75 Å². The summed E-state index contributed by atoms with van der Waals surface area (Å²) in [6.45, 7) is 0.658. The Morgan fingerprint density at radius 1 is 1.18 bits per heavy atom. The molecule has 1 N–H and O–H groups in total. The Labute approximate surface area is 161 Å². The Balaban J connectivity index is 1.49. The Morgan fingerprint density at radius 2 is 2.07 bits per heavy atom. The zero-order valence-electron chi connectivity index (χ0n) is 15.1. The SMILES string of the molecule is COC(=O)c1cccc(CNC(=O)c2ccc3c(c2)COc2cncnc2-3)c1. The highest BCUT2D eigenvalue weighted by atomic mass is 16.5. The lowest BCUT2D eigenvalue weighted by Crippen LogP contribution is -2.23. The van der Waals surface area contributed by atoms with Gasteiger partial charge in [0.2, 0.25) is 0 Å². The van der Waals surface area contributed by atoms with Gasteiger partial charge in [0, 0.05) is 17.7 Å². The van der Waals surface area contributed by atoms with E-state index < -0.39 is 5.97 Å². The molecular weight excluding hydrogens is 358 g/mol. The number of fused-ring (bicyclic) bond motifs is 3. The van der Waals surface area contributed by atoms with Crippen molar-refractivity contribution in [2.24, 2.45) is 0 Å².